The molecule has 8 heteroatoms. The molecule has 0 aromatic heterocycles. The van der Waals surface area contributed by atoms with E-state index in [1.807, 2.05) is 38.1 Å². The third kappa shape index (κ3) is 9.97. The Morgan fingerprint density at radius 1 is 1.19 bits per heavy atom. The average molecular weight is 371 g/mol. The zero-order valence-corrected chi connectivity index (χ0v) is 15.5. The highest BCUT2D eigenvalue weighted by molar-refractivity contribution is 5.33. The van der Waals surface area contributed by atoms with Crippen molar-refractivity contribution in [1.82, 2.24) is 5.32 Å². The van der Waals surface area contributed by atoms with E-state index in [1.165, 1.54) is 5.56 Å². The van der Waals surface area contributed by atoms with E-state index in [0.717, 1.165) is 12.3 Å². The van der Waals surface area contributed by atoms with E-state index in [0.29, 0.717) is 26.0 Å². The summed E-state index contributed by atoms with van der Waals surface area (Å²) in [5.41, 5.74) is 0.268. The molecule has 0 spiro atoms. The van der Waals surface area contributed by atoms with Crippen LogP contribution in [-0.2, 0) is 20.9 Å². The molecule has 1 aromatic rings. The molecule has 1 fully saturated rings. The Balaban J connectivity index is 0.000000918. The van der Waals surface area contributed by atoms with Crippen molar-refractivity contribution in [2.45, 2.75) is 44.4 Å². The maximum absolute atomic E-state index is 10.6. The fraction of sp³-hybridized carbons (Fsp3) is 0.556. The van der Waals surface area contributed by atoms with Gasteiger partial charge in [0.2, 0.25) is 0 Å². The first-order chi connectivity index (χ1) is 12.3. The van der Waals surface area contributed by atoms with Crippen LogP contribution in [0.1, 0.15) is 32.3 Å². The molecule has 0 radical (unpaired) electrons. The number of hydrogen-bond donors (Lipinski definition) is 4. The van der Waals surface area contributed by atoms with Crippen molar-refractivity contribution >= 4 is 12.9 Å². The quantitative estimate of drug-likeness (QED) is 0.574. The van der Waals surface area contributed by atoms with E-state index < -0.39 is 5.60 Å². The molecule has 4 N–H and O–H groups in total. The van der Waals surface area contributed by atoms with E-state index in [2.05, 4.69) is 5.32 Å². The maximum Gasteiger partial charge on any atom is 0.290 e. The lowest BCUT2D eigenvalue weighted by atomic mass is 9.84. The van der Waals surface area contributed by atoms with Gasteiger partial charge >= 0.3 is 0 Å². The van der Waals surface area contributed by atoms with E-state index in [1.54, 1.807) is 7.11 Å². The lowest BCUT2D eigenvalue weighted by molar-refractivity contribution is -0.142. The molecule has 1 aliphatic heterocycles. The minimum Gasteiger partial charge on any atom is -0.497 e. The van der Waals surface area contributed by atoms with Crippen molar-refractivity contribution in [1.29, 1.82) is 0 Å². The van der Waals surface area contributed by atoms with Crippen LogP contribution >= 0.6 is 0 Å². The van der Waals surface area contributed by atoms with Crippen LogP contribution < -0.4 is 10.1 Å². The van der Waals surface area contributed by atoms with Gasteiger partial charge in [-0.3, -0.25) is 9.59 Å². The molecule has 1 saturated heterocycles. The average Bonchev–Trinajstić information content (AvgIpc) is 2.55. The first-order valence-corrected chi connectivity index (χ1v) is 8.11. The normalized spacial score (nSPS) is 20.5. The highest BCUT2D eigenvalue weighted by atomic mass is 16.5. The molecule has 1 atom stereocenters. The minimum atomic E-state index is -0.672. The summed E-state index contributed by atoms with van der Waals surface area (Å²) in [6.45, 7) is 5.51. The van der Waals surface area contributed by atoms with Gasteiger partial charge < -0.3 is 30.1 Å². The molecule has 26 heavy (non-hydrogen) atoms. The first kappa shape index (κ1) is 23.8. The van der Waals surface area contributed by atoms with Gasteiger partial charge in [0.1, 0.15) is 5.75 Å². The molecule has 8 nitrogen and oxygen atoms in total. The number of carbonyl (C=O) groups is 2. The van der Waals surface area contributed by atoms with Gasteiger partial charge in [0.25, 0.3) is 12.9 Å². The number of ether oxygens (including phenoxy) is 2. The molecule has 1 aromatic carbocycles. The topological polar surface area (TPSA) is 125 Å². The molecular weight excluding hydrogens is 342 g/mol. The Morgan fingerprint density at radius 3 is 2.19 bits per heavy atom. The molecule has 0 bridgehead atoms. The zero-order valence-electron chi connectivity index (χ0n) is 15.5. The van der Waals surface area contributed by atoms with Crippen LogP contribution in [-0.4, -0.2) is 59.7 Å². The smallest absolute Gasteiger partial charge is 0.290 e. The summed E-state index contributed by atoms with van der Waals surface area (Å²) in [6.07, 6.45) is 1.35. The van der Waals surface area contributed by atoms with Crippen LogP contribution in [0.2, 0.25) is 0 Å². The second-order valence-corrected chi connectivity index (χ2v) is 6.42. The van der Waals surface area contributed by atoms with Crippen LogP contribution in [0.5, 0.6) is 5.75 Å². The summed E-state index contributed by atoms with van der Waals surface area (Å²) in [6, 6.07) is 7.96. The number of nitrogens with one attached hydrogen (secondary N) is 1. The van der Waals surface area contributed by atoms with E-state index in [-0.39, 0.29) is 18.5 Å². The third-order valence-corrected chi connectivity index (χ3v) is 3.76. The van der Waals surface area contributed by atoms with Crippen molar-refractivity contribution < 1.29 is 34.4 Å². The van der Waals surface area contributed by atoms with Crippen LogP contribution in [0.25, 0.3) is 0 Å². The summed E-state index contributed by atoms with van der Waals surface area (Å²) in [7, 11) is 1.66. The Bertz CT molecular complexity index is 513. The predicted octanol–water partition coefficient (Wildman–Crippen LogP) is 1.51. The zero-order chi connectivity index (χ0) is 20.1. The molecule has 0 saturated carbocycles. The van der Waals surface area contributed by atoms with Crippen molar-refractivity contribution in [2.75, 3.05) is 20.3 Å². The fourth-order valence-electron chi connectivity index (χ4n) is 2.78. The van der Waals surface area contributed by atoms with Gasteiger partial charge in [-0.15, -0.1) is 0 Å². The monoisotopic (exact) mass is 371 g/mol. The standard InChI is InChI=1S/C16H25NO3.2CH2O2/c1-15(2)11-16(18,8-9-20-15)12-17-10-13-4-6-14(19-3)7-5-13;2*2-1-3/h4-7,17-18H,8-12H2,1-3H3;2*1H,(H,2,3). The predicted molar refractivity (Wildman–Crippen MR) is 96.3 cm³/mol. The summed E-state index contributed by atoms with van der Waals surface area (Å²) in [5, 5.41) is 27.7. The number of methoxy groups -OCH3 is 1. The van der Waals surface area contributed by atoms with Gasteiger partial charge in [0.05, 0.1) is 24.9 Å². The van der Waals surface area contributed by atoms with Gasteiger partial charge in [0, 0.05) is 25.9 Å². The largest absolute Gasteiger partial charge is 0.497 e. The number of aliphatic hydroxyl groups is 1. The lowest BCUT2D eigenvalue weighted by Gasteiger charge is -2.41. The van der Waals surface area contributed by atoms with Crippen molar-refractivity contribution in [3.8, 4) is 5.75 Å². The molecule has 148 valence electrons. The Morgan fingerprint density at radius 2 is 1.73 bits per heavy atom. The van der Waals surface area contributed by atoms with Crippen molar-refractivity contribution in [2.24, 2.45) is 0 Å². The fourth-order valence-corrected chi connectivity index (χ4v) is 2.78. The molecule has 0 aliphatic carbocycles. The molecule has 2 rings (SSSR count). The van der Waals surface area contributed by atoms with Crippen molar-refractivity contribution in [3.63, 3.8) is 0 Å². The van der Waals surface area contributed by atoms with Gasteiger partial charge in [-0.1, -0.05) is 12.1 Å². The first-order valence-electron chi connectivity index (χ1n) is 8.11. The van der Waals surface area contributed by atoms with Crippen LogP contribution in [0.3, 0.4) is 0 Å². The second-order valence-electron chi connectivity index (χ2n) is 6.42. The second kappa shape index (κ2) is 12.2. The van der Waals surface area contributed by atoms with E-state index in [4.69, 9.17) is 29.3 Å². The number of benzene rings is 1. The highest BCUT2D eigenvalue weighted by Crippen LogP contribution is 2.31. The van der Waals surface area contributed by atoms with E-state index >= 15 is 0 Å². The highest BCUT2D eigenvalue weighted by Gasteiger charge is 2.38. The Labute approximate surface area is 153 Å². The molecular formula is C18H29NO7. The van der Waals surface area contributed by atoms with Gasteiger partial charge in [0.15, 0.2) is 0 Å². The molecule has 1 aliphatic rings. The Kier molecular flexibility index (Phi) is 11.2. The number of carboxylic acid groups (broad SMARTS) is 2. The van der Waals surface area contributed by atoms with Crippen LogP contribution in [0.4, 0.5) is 0 Å². The Hall–Kier alpha value is -2.16. The summed E-state index contributed by atoms with van der Waals surface area (Å²) >= 11 is 0. The molecule has 1 unspecified atom stereocenters. The molecule has 1 heterocycles. The van der Waals surface area contributed by atoms with Gasteiger partial charge in [-0.2, -0.15) is 0 Å². The lowest BCUT2D eigenvalue weighted by Crippen LogP contribution is -2.51. The third-order valence-electron chi connectivity index (χ3n) is 3.76. The van der Waals surface area contributed by atoms with Gasteiger partial charge in [-0.25, -0.2) is 0 Å². The summed E-state index contributed by atoms with van der Waals surface area (Å²) in [5.74, 6) is 0.860. The summed E-state index contributed by atoms with van der Waals surface area (Å²) < 4.78 is 10.8. The van der Waals surface area contributed by atoms with Crippen molar-refractivity contribution in [3.05, 3.63) is 29.8 Å². The van der Waals surface area contributed by atoms with Crippen LogP contribution in [0, 0.1) is 0 Å². The maximum atomic E-state index is 10.6. The molecule has 0 amide bonds. The van der Waals surface area contributed by atoms with Crippen LogP contribution in [0.15, 0.2) is 24.3 Å². The number of rotatable bonds is 5. The minimum absolute atomic E-state index is 0.241. The SMILES string of the molecule is COc1ccc(CNCC2(O)CCOC(C)(C)C2)cc1.O=CO.O=CO. The number of hydrogen-bond acceptors (Lipinski definition) is 6. The van der Waals surface area contributed by atoms with E-state index in [9.17, 15) is 5.11 Å². The summed E-state index contributed by atoms with van der Waals surface area (Å²) in [4.78, 5) is 16.7. The van der Waals surface area contributed by atoms with Gasteiger partial charge in [-0.05, 0) is 31.5 Å².